The minimum Gasteiger partial charge on any atom is -0.465 e. The summed E-state index contributed by atoms with van der Waals surface area (Å²) < 4.78 is 5.71. The molecule has 1 aliphatic heterocycles. The van der Waals surface area contributed by atoms with Crippen LogP contribution in [0.4, 0.5) is 0 Å². The number of hydrogen-bond acceptors (Lipinski definition) is 4. The number of aliphatic hydroxyl groups excluding tert-OH is 1. The average molecular weight is 342 g/mol. The maximum absolute atomic E-state index is 13.6. The number of aliphatic hydroxyl groups is 1. The highest BCUT2D eigenvalue weighted by atomic mass is 16.5. The molecule has 7 atom stereocenters. The first kappa shape index (κ1) is 15.8. The second kappa shape index (κ2) is 4.46. The number of hydrogen-bond donors (Lipinski definition) is 1. The molecule has 1 N–H and O–H groups in total. The van der Waals surface area contributed by atoms with E-state index in [9.17, 15) is 14.7 Å². The lowest BCUT2D eigenvalue weighted by atomic mass is 9.34. The Bertz CT molecular complexity index is 738. The number of carbonyl (C=O) groups excluding carboxylic acids is 2. The van der Waals surface area contributed by atoms with Crippen LogP contribution in [0.3, 0.4) is 0 Å². The van der Waals surface area contributed by atoms with Gasteiger partial charge >= 0.3 is 5.97 Å². The topological polar surface area (TPSA) is 63.6 Å². The summed E-state index contributed by atoms with van der Waals surface area (Å²) in [6.45, 7) is 10.8. The molecule has 2 unspecified atom stereocenters. The minimum absolute atomic E-state index is 0.00671. The summed E-state index contributed by atoms with van der Waals surface area (Å²) in [5.41, 5.74) is -0.465. The van der Waals surface area contributed by atoms with Crippen LogP contribution in [-0.4, -0.2) is 29.6 Å². The Labute approximate surface area is 148 Å². The normalized spacial score (nSPS) is 54.0. The van der Waals surface area contributed by atoms with Crippen molar-refractivity contribution in [1.29, 1.82) is 0 Å². The fourth-order valence-corrected chi connectivity index (χ4v) is 7.60. The van der Waals surface area contributed by atoms with Crippen molar-refractivity contribution >= 4 is 11.8 Å². The highest BCUT2D eigenvalue weighted by Crippen LogP contribution is 2.73. The van der Waals surface area contributed by atoms with Crippen LogP contribution in [0.5, 0.6) is 0 Å². The SMILES string of the molecule is C=C1C(=O)[C@@]23CC[C@@H](CC2[C@@]24CCC[C@@](C)(COC2=O)C14)C(=C)[C@@H]3O. The zero-order valence-electron chi connectivity index (χ0n) is 14.8. The lowest BCUT2D eigenvalue weighted by molar-refractivity contribution is -0.232. The molecule has 0 aromatic heterocycles. The quantitative estimate of drug-likeness (QED) is 0.418. The van der Waals surface area contributed by atoms with Gasteiger partial charge in [0.1, 0.15) is 0 Å². The minimum atomic E-state index is -0.909. The van der Waals surface area contributed by atoms with Gasteiger partial charge in [0.15, 0.2) is 5.78 Å². The largest absolute Gasteiger partial charge is 0.465 e. The van der Waals surface area contributed by atoms with E-state index in [1.807, 2.05) is 0 Å². The highest BCUT2D eigenvalue weighted by Gasteiger charge is 2.76. The van der Waals surface area contributed by atoms with Crippen LogP contribution >= 0.6 is 0 Å². The van der Waals surface area contributed by atoms with Gasteiger partial charge in [0.25, 0.3) is 0 Å². The molecule has 5 saturated carbocycles. The first-order chi connectivity index (χ1) is 11.8. The average Bonchev–Trinajstić information content (AvgIpc) is 2.60. The summed E-state index contributed by atoms with van der Waals surface area (Å²) in [4.78, 5) is 26.8. The third-order valence-corrected chi connectivity index (χ3v) is 8.56. The number of allylic oxidation sites excluding steroid dienone is 1. The number of ketones is 1. The van der Waals surface area contributed by atoms with E-state index in [0.29, 0.717) is 18.6 Å². The van der Waals surface area contributed by atoms with E-state index in [4.69, 9.17) is 4.74 Å². The van der Waals surface area contributed by atoms with Crippen molar-refractivity contribution in [1.82, 2.24) is 0 Å². The van der Waals surface area contributed by atoms with Gasteiger partial charge in [0.05, 0.1) is 23.5 Å². The lowest BCUT2D eigenvalue weighted by Crippen LogP contribution is -2.73. The number of carbonyl (C=O) groups is 2. The number of Topliss-reactive ketones (excluding diaryl/α,β-unsaturated/α-hetero) is 1. The van der Waals surface area contributed by atoms with Gasteiger partial charge in [-0.25, -0.2) is 0 Å². The van der Waals surface area contributed by atoms with Gasteiger partial charge in [-0.15, -0.1) is 0 Å². The van der Waals surface area contributed by atoms with Crippen LogP contribution in [0, 0.1) is 34.0 Å². The van der Waals surface area contributed by atoms with E-state index in [1.165, 1.54) is 0 Å². The lowest BCUT2D eigenvalue weighted by Gasteiger charge is -2.69. The highest BCUT2D eigenvalue weighted by molar-refractivity contribution is 6.05. The van der Waals surface area contributed by atoms with Crippen molar-refractivity contribution < 1.29 is 19.4 Å². The van der Waals surface area contributed by atoms with E-state index < -0.39 is 16.9 Å². The first-order valence-corrected chi connectivity index (χ1v) is 9.56. The third kappa shape index (κ3) is 1.47. The molecule has 0 radical (unpaired) electrons. The maximum atomic E-state index is 13.6. The number of cyclic esters (lactones) is 1. The molecule has 1 heterocycles. The van der Waals surface area contributed by atoms with Crippen molar-refractivity contribution in [3.8, 4) is 0 Å². The Kier molecular flexibility index (Phi) is 2.82. The number of rotatable bonds is 0. The van der Waals surface area contributed by atoms with E-state index in [2.05, 4.69) is 20.1 Å². The molecule has 134 valence electrons. The molecule has 4 bridgehead atoms. The smallest absolute Gasteiger partial charge is 0.313 e. The number of fused-ring (bicyclic) bond motifs is 2. The summed E-state index contributed by atoms with van der Waals surface area (Å²) in [7, 11) is 0. The van der Waals surface area contributed by atoms with Crippen LogP contribution in [0.25, 0.3) is 0 Å². The maximum Gasteiger partial charge on any atom is 0.313 e. The molecule has 25 heavy (non-hydrogen) atoms. The molecule has 4 nitrogen and oxygen atoms in total. The van der Waals surface area contributed by atoms with E-state index >= 15 is 0 Å². The Hall–Kier alpha value is -1.42. The fraction of sp³-hybridized carbons (Fsp3) is 0.714. The molecule has 6 aliphatic rings. The summed E-state index contributed by atoms with van der Waals surface area (Å²) in [6.07, 6.45) is 4.10. The second-order valence-corrected chi connectivity index (χ2v) is 9.45. The predicted molar refractivity (Wildman–Crippen MR) is 91.4 cm³/mol. The van der Waals surface area contributed by atoms with Crippen molar-refractivity contribution in [3.63, 3.8) is 0 Å². The zero-order chi connectivity index (χ0) is 17.8. The molecular weight excluding hydrogens is 316 g/mol. The molecule has 0 aromatic carbocycles. The van der Waals surface area contributed by atoms with Gasteiger partial charge < -0.3 is 9.84 Å². The molecule has 1 saturated heterocycles. The van der Waals surface area contributed by atoms with Gasteiger partial charge in [0, 0.05) is 11.3 Å². The van der Waals surface area contributed by atoms with E-state index in [0.717, 1.165) is 37.7 Å². The summed E-state index contributed by atoms with van der Waals surface area (Å²) in [5, 5.41) is 11.1. The van der Waals surface area contributed by atoms with Gasteiger partial charge in [-0.2, -0.15) is 0 Å². The second-order valence-electron chi connectivity index (χ2n) is 9.45. The monoisotopic (exact) mass is 342 g/mol. The molecular formula is C21H26O4. The number of esters is 1. The predicted octanol–water partition coefficient (Wildman–Crippen LogP) is 2.81. The fourth-order valence-electron chi connectivity index (χ4n) is 7.60. The summed E-state index contributed by atoms with van der Waals surface area (Å²) >= 11 is 0. The van der Waals surface area contributed by atoms with Gasteiger partial charge in [-0.3, -0.25) is 9.59 Å². The molecule has 0 aromatic rings. The van der Waals surface area contributed by atoms with Crippen LogP contribution in [-0.2, 0) is 14.3 Å². The number of ether oxygens (including phenoxy) is 1. The third-order valence-electron chi connectivity index (χ3n) is 8.56. The summed E-state index contributed by atoms with van der Waals surface area (Å²) in [5.74, 6) is -0.239. The van der Waals surface area contributed by atoms with Gasteiger partial charge in [-0.1, -0.05) is 26.5 Å². The van der Waals surface area contributed by atoms with Crippen molar-refractivity contribution in [2.45, 2.75) is 51.6 Å². The Morgan fingerprint density at radius 2 is 1.92 bits per heavy atom. The Morgan fingerprint density at radius 1 is 1.16 bits per heavy atom. The van der Waals surface area contributed by atoms with Crippen molar-refractivity contribution in [3.05, 3.63) is 24.3 Å². The van der Waals surface area contributed by atoms with E-state index in [-0.39, 0.29) is 34.9 Å². The molecule has 0 amide bonds. The zero-order valence-corrected chi connectivity index (χ0v) is 14.8. The first-order valence-electron chi connectivity index (χ1n) is 9.56. The standard InChI is InChI=1S/C21H26O4/c1-11-13-5-8-21(16(11)22)14(9-13)20-7-4-6-19(3,10-25-18(20)24)15(20)12(2)17(21)23/h13-16,22H,1-2,4-10H2,3H3/t13-,14?,15?,16-,19-,20+,21-/m0/s1. The van der Waals surface area contributed by atoms with Crippen LogP contribution in [0.2, 0.25) is 0 Å². The van der Waals surface area contributed by atoms with Crippen LogP contribution in [0.1, 0.15) is 45.4 Å². The van der Waals surface area contributed by atoms with Crippen LogP contribution < -0.4 is 0 Å². The van der Waals surface area contributed by atoms with Crippen molar-refractivity contribution in [2.75, 3.05) is 6.61 Å². The molecule has 6 fully saturated rings. The molecule has 5 aliphatic carbocycles. The summed E-state index contributed by atoms with van der Waals surface area (Å²) in [6, 6.07) is 0. The molecule has 6 rings (SSSR count). The molecule has 4 heteroatoms. The Balaban J connectivity index is 1.77. The van der Waals surface area contributed by atoms with Crippen LogP contribution in [0.15, 0.2) is 24.3 Å². The van der Waals surface area contributed by atoms with E-state index in [1.54, 1.807) is 0 Å². The van der Waals surface area contributed by atoms with Gasteiger partial charge in [-0.05, 0) is 55.1 Å². The Morgan fingerprint density at radius 3 is 2.68 bits per heavy atom. The van der Waals surface area contributed by atoms with Gasteiger partial charge in [0.2, 0.25) is 0 Å². The van der Waals surface area contributed by atoms with Crippen molar-refractivity contribution in [2.24, 2.45) is 34.0 Å². The molecule has 1 spiro atoms.